The number of pyridine rings is 1. The van der Waals surface area contributed by atoms with Gasteiger partial charge in [-0.05, 0) is 58.1 Å². The summed E-state index contributed by atoms with van der Waals surface area (Å²) < 4.78 is 0. The first-order chi connectivity index (χ1) is 13.5. The van der Waals surface area contributed by atoms with Crippen molar-refractivity contribution in [3.05, 3.63) is 46.7 Å². The number of amides is 1. The Balaban J connectivity index is 1.51. The van der Waals surface area contributed by atoms with E-state index >= 15 is 0 Å². The number of carbonyl (C=O) groups is 1. The maximum atomic E-state index is 12.5. The van der Waals surface area contributed by atoms with E-state index in [1.165, 1.54) is 0 Å². The van der Waals surface area contributed by atoms with Crippen molar-refractivity contribution < 1.29 is 4.79 Å². The van der Waals surface area contributed by atoms with E-state index in [4.69, 9.17) is 0 Å². The molecule has 2 aromatic rings. The lowest BCUT2D eigenvalue weighted by Crippen LogP contribution is -2.36. The number of aryl methyl sites for hydroxylation is 3. The summed E-state index contributed by atoms with van der Waals surface area (Å²) in [5.41, 5.74) is 4.05. The van der Waals surface area contributed by atoms with Crippen LogP contribution in [0.3, 0.4) is 0 Å². The fraction of sp³-hybridized carbons (Fsp3) is 0.476. The first kappa shape index (κ1) is 19.7. The number of rotatable bonds is 5. The molecule has 0 saturated heterocycles. The minimum Gasteiger partial charge on any atom is -0.366 e. The number of hydrogen-bond donors (Lipinski definition) is 2. The summed E-state index contributed by atoms with van der Waals surface area (Å²) in [5, 5.41) is 15.8. The zero-order valence-corrected chi connectivity index (χ0v) is 16.6. The normalized spacial score (nSPS) is 18.9. The molecule has 7 heteroatoms. The van der Waals surface area contributed by atoms with Crippen LogP contribution in [0.1, 0.15) is 53.9 Å². The monoisotopic (exact) mass is 378 g/mol. The van der Waals surface area contributed by atoms with Crippen molar-refractivity contribution in [2.45, 2.75) is 59.0 Å². The Morgan fingerprint density at radius 3 is 2.54 bits per heavy atom. The van der Waals surface area contributed by atoms with Gasteiger partial charge in [-0.3, -0.25) is 14.8 Å². The molecule has 0 radical (unpaired) electrons. The number of anilines is 1. The molecule has 1 fully saturated rings. The maximum absolute atomic E-state index is 12.5. The van der Waals surface area contributed by atoms with Gasteiger partial charge in [0.15, 0.2) is 0 Å². The lowest BCUT2D eigenvalue weighted by atomic mass is 9.85. The second-order valence-corrected chi connectivity index (χ2v) is 7.48. The fourth-order valence-electron chi connectivity index (χ4n) is 3.61. The Hall–Kier alpha value is -3.01. The number of carbonyl (C=O) groups excluding carboxylic acids is 1. The highest BCUT2D eigenvalue weighted by molar-refractivity contribution is 5.78. The molecule has 0 bridgehead atoms. The third-order valence-electron chi connectivity index (χ3n) is 5.17. The minimum atomic E-state index is 0.0131. The van der Waals surface area contributed by atoms with Gasteiger partial charge in [-0.1, -0.05) is 0 Å². The third-order valence-corrected chi connectivity index (χ3v) is 5.17. The van der Waals surface area contributed by atoms with Gasteiger partial charge < -0.3 is 10.6 Å². The van der Waals surface area contributed by atoms with Gasteiger partial charge in [0, 0.05) is 23.9 Å². The van der Waals surface area contributed by atoms with E-state index in [2.05, 4.69) is 31.7 Å². The van der Waals surface area contributed by atoms with Gasteiger partial charge in [0.2, 0.25) is 5.91 Å². The molecule has 146 valence electrons. The first-order valence-corrected chi connectivity index (χ1v) is 9.66. The topological polar surface area (TPSA) is 104 Å². The Bertz CT molecular complexity index is 879. The molecule has 2 heterocycles. The van der Waals surface area contributed by atoms with Crippen LogP contribution in [0.2, 0.25) is 0 Å². The molecule has 0 spiro atoms. The molecule has 2 N–H and O–H groups in total. The average molecular weight is 378 g/mol. The van der Waals surface area contributed by atoms with Gasteiger partial charge in [-0.15, -0.1) is 0 Å². The van der Waals surface area contributed by atoms with Gasteiger partial charge in [0.25, 0.3) is 0 Å². The van der Waals surface area contributed by atoms with Crippen molar-refractivity contribution in [3.63, 3.8) is 0 Å². The SMILES string of the molecule is Cc1cnc(CNC(=O)C2CCC(Nc3nc(C)cc(C)c3C#N)CC2)cn1. The van der Waals surface area contributed by atoms with Crippen LogP contribution in [-0.4, -0.2) is 26.9 Å². The highest BCUT2D eigenvalue weighted by atomic mass is 16.1. The largest absolute Gasteiger partial charge is 0.366 e. The summed E-state index contributed by atoms with van der Waals surface area (Å²) in [6.07, 6.45) is 6.78. The van der Waals surface area contributed by atoms with Crippen LogP contribution in [-0.2, 0) is 11.3 Å². The molecule has 0 unspecified atom stereocenters. The van der Waals surface area contributed by atoms with Crippen LogP contribution in [0.5, 0.6) is 0 Å². The highest BCUT2D eigenvalue weighted by Crippen LogP contribution is 2.28. The van der Waals surface area contributed by atoms with Crippen molar-refractivity contribution in [1.82, 2.24) is 20.3 Å². The fourth-order valence-corrected chi connectivity index (χ4v) is 3.61. The molecule has 2 aromatic heterocycles. The van der Waals surface area contributed by atoms with E-state index in [1.807, 2.05) is 26.8 Å². The Labute approximate surface area is 165 Å². The molecule has 0 aliphatic heterocycles. The Morgan fingerprint density at radius 1 is 1.14 bits per heavy atom. The zero-order chi connectivity index (χ0) is 20.1. The molecule has 0 aromatic carbocycles. The summed E-state index contributed by atoms with van der Waals surface area (Å²) >= 11 is 0. The molecule has 28 heavy (non-hydrogen) atoms. The molecular weight excluding hydrogens is 352 g/mol. The second-order valence-electron chi connectivity index (χ2n) is 7.48. The third kappa shape index (κ3) is 4.83. The number of nitriles is 1. The summed E-state index contributed by atoms with van der Waals surface area (Å²) in [5.74, 6) is 0.744. The van der Waals surface area contributed by atoms with Gasteiger partial charge in [-0.25, -0.2) is 4.98 Å². The number of nitrogens with zero attached hydrogens (tertiary/aromatic N) is 4. The van der Waals surface area contributed by atoms with Gasteiger partial charge in [0.1, 0.15) is 11.9 Å². The molecule has 1 aliphatic carbocycles. The summed E-state index contributed by atoms with van der Waals surface area (Å²) in [6.45, 7) is 6.15. The van der Waals surface area contributed by atoms with E-state index in [9.17, 15) is 10.1 Å². The molecule has 3 rings (SSSR count). The van der Waals surface area contributed by atoms with Gasteiger partial charge >= 0.3 is 0 Å². The summed E-state index contributed by atoms with van der Waals surface area (Å²) in [4.78, 5) is 25.4. The standard InChI is InChI=1S/C21H26N6O/c1-13-8-14(2)26-20(19(13)9-22)27-17-6-4-16(5-7-17)21(28)25-12-18-11-23-15(3)10-24-18/h8,10-11,16-17H,4-7,12H2,1-3H3,(H,25,28)(H,26,27). The zero-order valence-electron chi connectivity index (χ0n) is 16.6. The van der Waals surface area contributed by atoms with Crippen molar-refractivity contribution in [1.29, 1.82) is 5.26 Å². The quantitative estimate of drug-likeness (QED) is 0.829. The van der Waals surface area contributed by atoms with Crippen LogP contribution in [0.25, 0.3) is 0 Å². The van der Waals surface area contributed by atoms with E-state index in [1.54, 1.807) is 12.4 Å². The van der Waals surface area contributed by atoms with Crippen LogP contribution < -0.4 is 10.6 Å². The minimum absolute atomic E-state index is 0.0131. The van der Waals surface area contributed by atoms with Crippen molar-refractivity contribution >= 4 is 11.7 Å². The van der Waals surface area contributed by atoms with Gasteiger partial charge in [-0.2, -0.15) is 5.26 Å². The Kier molecular flexibility index (Phi) is 6.19. The molecule has 7 nitrogen and oxygen atoms in total. The highest BCUT2D eigenvalue weighted by Gasteiger charge is 2.27. The average Bonchev–Trinajstić information content (AvgIpc) is 2.67. The molecule has 0 atom stereocenters. The number of hydrogen-bond acceptors (Lipinski definition) is 6. The maximum Gasteiger partial charge on any atom is 0.223 e. The summed E-state index contributed by atoms with van der Waals surface area (Å²) in [7, 11) is 0. The van der Waals surface area contributed by atoms with Crippen LogP contribution in [0.4, 0.5) is 5.82 Å². The van der Waals surface area contributed by atoms with E-state index in [-0.39, 0.29) is 17.9 Å². The first-order valence-electron chi connectivity index (χ1n) is 9.66. The van der Waals surface area contributed by atoms with Gasteiger partial charge in [0.05, 0.1) is 29.7 Å². The van der Waals surface area contributed by atoms with E-state index in [0.29, 0.717) is 17.9 Å². The lowest BCUT2D eigenvalue weighted by Gasteiger charge is -2.29. The van der Waals surface area contributed by atoms with Crippen molar-refractivity contribution in [2.75, 3.05) is 5.32 Å². The number of nitrogens with one attached hydrogen (secondary N) is 2. The smallest absolute Gasteiger partial charge is 0.223 e. The van der Waals surface area contributed by atoms with E-state index < -0.39 is 0 Å². The molecule has 1 amide bonds. The summed E-state index contributed by atoms with van der Waals surface area (Å²) in [6, 6.07) is 4.39. The predicted octanol–water partition coefficient (Wildman–Crippen LogP) is 2.96. The van der Waals surface area contributed by atoms with Crippen molar-refractivity contribution in [3.8, 4) is 6.07 Å². The van der Waals surface area contributed by atoms with E-state index in [0.717, 1.165) is 48.3 Å². The molecule has 1 saturated carbocycles. The number of aromatic nitrogens is 3. The van der Waals surface area contributed by atoms with Crippen LogP contribution >= 0.6 is 0 Å². The van der Waals surface area contributed by atoms with Crippen LogP contribution in [0.15, 0.2) is 18.5 Å². The Morgan fingerprint density at radius 2 is 1.89 bits per heavy atom. The lowest BCUT2D eigenvalue weighted by molar-refractivity contribution is -0.126. The van der Waals surface area contributed by atoms with Crippen LogP contribution in [0, 0.1) is 38.0 Å². The second kappa shape index (κ2) is 8.79. The molecule has 1 aliphatic rings. The predicted molar refractivity (Wildman–Crippen MR) is 106 cm³/mol. The molecular formula is C21H26N6O. The van der Waals surface area contributed by atoms with Crippen molar-refractivity contribution in [2.24, 2.45) is 5.92 Å².